The third-order valence-corrected chi connectivity index (χ3v) is 6.63. The van der Waals surface area contributed by atoms with Crippen LogP contribution in [0.3, 0.4) is 0 Å². The van der Waals surface area contributed by atoms with Crippen LogP contribution in [0.4, 0.5) is 0 Å². The number of halogens is 2. The van der Waals surface area contributed by atoms with Gasteiger partial charge in [-0.05, 0) is 42.9 Å². The maximum atomic E-state index is 11.3. The van der Waals surface area contributed by atoms with E-state index in [1.54, 1.807) is 0 Å². The summed E-state index contributed by atoms with van der Waals surface area (Å²) in [6, 6.07) is 26.9. The van der Waals surface area contributed by atoms with Crippen LogP contribution in [-0.4, -0.2) is 17.9 Å². The van der Waals surface area contributed by atoms with Gasteiger partial charge >= 0.3 is 37.9 Å². The number of para-hydroxylation sites is 1. The standard InChI is InChI=1S/C28H31NO.2ClH.Zr/c1-28(24-15-7-3-8-16-24,25-17-9-4-10-18-25)26-19-11-14-23(27(26)30)21-29-20-22-12-5-2-6-13-22;;;/h3-4,7-11,14-19,21-22,30H,2,5-6,12-13,20H2,1H3;2*1H;/q;;;+2/p-2. The number of hydrogen-bond donors (Lipinski definition) is 1. The summed E-state index contributed by atoms with van der Waals surface area (Å²) in [7, 11) is 9.87. The summed E-state index contributed by atoms with van der Waals surface area (Å²) < 4.78 is 0. The van der Waals surface area contributed by atoms with Gasteiger partial charge in [0.2, 0.25) is 0 Å². The summed E-state index contributed by atoms with van der Waals surface area (Å²) in [6.45, 7) is 3.05. The third-order valence-electron chi connectivity index (χ3n) is 6.63. The SMILES string of the molecule is CC(c1ccccc1)(c1ccccc1)c1cccc(C=NCC2CCCCC2)c1O.[Cl][Zr][Cl]. The van der Waals surface area contributed by atoms with Crippen molar-refractivity contribution < 1.29 is 26.0 Å². The Kier molecular flexibility index (Phi) is 10.7. The Hall–Kier alpha value is -1.41. The van der Waals surface area contributed by atoms with E-state index in [4.69, 9.17) is 22.0 Å². The van der Waals surface area contributed by atoms with Gasteiger partial charge in [0.1, 0.15) is 5.75 Å². The Labute approximate surface area is 216 Å². The van der Waals surface area contributed by atoms with Crippen molar-refractivity contribution in [3.8, 4) is 5.75 Å². The van der Waals surface area contributed by atoms with Gasteiger partial charge in [-0.25, -0.2) is 0 Å². The molecule has 0 spiro atoms. The number of rotatable bonds is 6. The topological polar surface area (TPSA) is 32.6 Å². The molecule has 0 heterocycles. The van der Waals surface area contributed by atoms with Crippen molar-refractivity contribution in [2.75, 3.05) is 6.54 Å². The van der Waals surface area contributed by atoms with Gasteiger partial charge in [0, 0.05) is 29.3 Å². The van der Waals surface area contributed by atoms with Crippen LogP contribution >= 0.6 is 17.0 Å². The van der Waals surface area contributed by atoms with Gasteiger partial charge in [-0.3, -0.25) is 4.99 Å². The van der Waals surface area contributed by atoms with Crippen molar-refractivity contribution in [1.82, 2.24) is 0 Å². The zero-order chi connectivity index (χ0) is 23.5. The molecule has 0 bridgehead atoms. The van der Waals surface area contributed by atoms with Crippen molar-refractivity contribution in [3.05, 3.63) is 101 Å². The minimum absolute atomic E-state index is 0.320. The van der Waals surface area contributed by atoms with Crippen molar-refractivity contribution in [2.45, 2.75) is 44.4 Å². The zero-order valence-corrected chi connectivity index (χ0v) is 23.0. The molecule has 5 heteroatoms. The molecule has 0 aromatic heterocycles. The van der Waals surface area contributed by atoms with Crippen LogP contribution in [0.15, 0.2) is 83.9 Å². The first kappa shape index (κ1) is 26.2. The van der Waals surface area contributed by atoms with Crippen molar-refractivity contribution in [3.63, 3.8) is 0 Å². The summed E-state index contributed by atoms with van der Waals surface area (Å²) in [6.07, 6.45) is 8.44. The Morgan fingerprint density at radius 1 is 0.879 bits per heavy atom. The second-order valence-electron chi connectivity index (χ2n) is 8.67. The molecule has 1 fully saturated rings. The van der Waals surface area contributed by atoms with E-state index in [1.165, 1.54) is 32.1 Å². The normalized spacial score (nSPS) is 14.5. The van der Waals surface area contributed by atoms with Crippen LogP contribution in [0.2, 0.25) is 0 Å². The number of nitrogens with zero attached hydrogens (tertiary/aromatic N) is 1. The Morgan fingerprint density at radius 2 is 1.42 bits per heavy atom. The molecule has 0 amide bonds. The number of phenols is 1. The molecular weight excluding hydrogens is 528 g/mol. The molecule has 3 aromatic carbocycles. The molecule has 1 saturated carbocycles. The third kappa shape index (κ3) is 6.81. The molecule has 1 aliphatic carbocycles. The molecule has 3 aromatic rings. The van der Waals surface area contributed by atoms with E-state index >= 15 is 0 Å². The molecule has 0 radical (unpaired) electrons. The van der Waals surface area contributed by atoms with Crippen LogP contribution < -0.4 is 0 Å². The average Bonchev–Trinajstić information content (AvgIpc) is 2.87. The first-order valence-corrected chi connectivity index (χ1v) is 17.8. The van der Waals surface area contributed by atoms with E-state index in [2.05, 4.69) is 55.5 Å². The minimum atomic E-state index is -0.826. The molecule has 0 aliphatic heterocycles. The molecule has 0 saturated heterocycles. The van der Waals surface area contributed by atoms with Crippen molar-refractivity contribution >= 4 is 23.2 Å². The second-order valence-corrected chi connectivity index (χ2v) is 12.4. The van der Waals surface area contributed by atoms with Gasteiger partial charge in [0.25, 0.3) is 0 Å². The molecule has 2 nitrogen and oxygen atoms in total. The average molecular weight is 560 g/mol. The number of hydrogen-bond acceptors (Lipinski definition) is 2. The van der Waals surface area contributed by atoms with Gasteiger partial charge in [0.05, 0.1) is 0 Å². The summed E-state index contributed by atoms with van der Waals surface area (Å²) in [5.74, 6) is 1.01. The van der Waals surface area contributed by atoms with E-state index < -0.39 is 26.3 Å². The van der Waals surface area contributed by atoms with E-state index in [1.807, 2.05) is 36.5 Å². The summed E-state index contributed by atoms with van der Waals surface area (Å²) in [4.78, 5) is 4.71. The Bertz CT molecular complexity index is 965. The first-order chi connectivity index (χ1) is 16.1. The second kappa shape index (κ2) is 13.5. The molecule has 1 aliphatic rings. The van der Waals surface area contributed by atoms with Crippen molar-refractivity contribution in [2.24, 2.45) is 10.9 Å². The molecule has 4 rings (SSSR count). The fourth-order valence-electron chi connectivity index (χ4n) is 4.76. The van der Waals surface area contributed by atoms with Crippen LogP contribution in [0.1, 0.15) is 61.3 Å². The summed E-state index contributed by atoms with van der Waals surface area (Å²) in [5, 5.41) is 11.3. The number of aromatic hydroxyl groups is 1. The van der Waals surface area contributed by atoms with Gasteiger partial charge < -0.3 is 5.11 Å². The summed E-state index contributed by atoms with van der Waals surface area (Å²) >= 11 is -0.826. The molecule has 33 heavy (non-hydrogen) atoms. The van der Waals surface area contributed by atoms with Crippen LogP contribution in [-0.2, 0) is 26.3 Å². The fourth-order valence-corrected chi connectivity index (χ4v) is 4.76. The molecule has 0 unspecified atom stereocenters. The molecular formula is C28H31Cl2NOZr. The van der Waals surface area contributed by atoms with Crippen LogP contribution in [0.5, 0.6) is 5.75 Å². The number of aliphatic imine (C=N–C) groups is 1. The van der Waals surface area contributed by atoms with Gasteiger partial charge in [-0.2, -0.15) is 0 Å². The van der Waals surface area contributed by atoms with E-state index in [9.17, 15) is 5.11 Å². The van der Waals surface area contributed by atoms with E-state index in [-0.39, 0.29) is 0 Å². The number of benzene rings is 3. The van der Waals surface area contributed by atoms with Crippen LogP contribution in [0, 0.1) is 5.92 Å². The summed E-state index contributed by atoms with van der Waals surface area (Å²) in [5.41, 5.74) is 3.55. The molecule has 1 N–H and O–H groups in total. The first-order valence-electron chi connectivity index (χ1n) is 11.5. The van der Waals surface area contributed by atoms with Crippen LogP contribution in [0.25, 0.3) is 0 Å². The Morgan fingerprint density at radius 3 is 1.97 bits per heavy atom. The van der Waals surface area contributed by atoms with Crippen molar-refractivity contribution in [1.29, 1.82) is 0 Å². The monoisotopic (exact) mass is 557 g/mol. The zero-order valence-electron chi connectivity index (χ0n) is 19.1. The molecule has 172 valence electrons. The Balaban J connectivity index is 0.000000968. The maximum absolute atomic E-state index is 11.3. The van der Waals surface area contributed by atoms with E-state index in [0.29, 0.717) is 11.7 Å². The predicted octanol–water partition coefficient (Wildman–Crippen LogP) is 8.12. The quantitative estimate of drug-likeness (QED) is 0.240. The van der Waals surface area contributed by atoms with Gasteiger partial charge in [0.15, 0.2) is 0 Å². The number of phenolic OH excluding ortho intramolecular Hbond substituents is 1. The fraction of sp³-hybridized carbons (Fsp3) is 0.321. The van der Waals surface area contributed by atoms with Gasteiger partial charge in [-0.15, -0.1) is 0 Å². The molecule has 0 atom stereocenters. The predicted molar refractivity (Wildman–Crippen MR) is 137 cm³/mol. The van der Waals surface area contributed by atoms with Gasteiger partial charge in [-0.1, -0.05) is 92.1 Å². The van der Waals surface area contributed by atoms with E-state index in [0.717, 1.165) is 28.8 Å².